The Hall–Kier alpha value is -1.39. The van der Waals surface area contributed by atoms with Crippen LogP contribution in [0.3, 0.4) is 0 Å². The minimum Gasteiger partial charge on any atom is -0.485 e. The van der Waals surface area contributed by atoms with Gasteiger partial charge in [-0.05, 0) is 24.3 Å². The van der Waals surface area contributed by atoms with Crippen LogP contribution in [0.2, 0.25) is 0 Å². The molecule has 2 atom stereocenters. The van der Waals surface area contributed by atoms with Crippen molar-refractivity contribution < 1.29 is 14.2 Å². The van der Waals surface area contributed by atoms with E-state index in [-0.39, 0.29) is 11.9 Å². The molecule has 1 aliphatic rings. The largest absolute Gasteiger partial charge is 0.485 e. The summed E-state index contributed by atoms with van der Waals surface area (Å²) in [5.74, 6) is 0.345. The Morgan fingerprint density at radius 3 is 2.79 bits per heavy atom. The molecule has 4 heteroatoms. The Bertz CT molecular complexity index is 615. The number of hydrogen-bond acceptors (Lipinski definition) is 2. The molecule has 1 aliphatic heterocycles. The molecule has 0 saturated heterocycles. The van der Waals surface area contributed by atoms with Gasteiger partial charge in [-0.3, -0.25) is 0 Å². The second-order valence-electron chi connectivity index (χ2n) is 4.56. The third-order valence-corrected chi connectivity index (χ3v) is 4.01. The fraction of sp³-hybridized carbons (Fsp3) is 0.200. The SMILES string of the molecule is O[C@@H]1CC(c2cc(F)ccc2Br)Oc2ccccc21. The number of benzene rings is 2. The van der Waals surface area contributed by atoms with Crippen LogP contribution in [0.15, 0.2) is 46.9 Å². The number of halogens is 2. The molecule has 0 fully saturated rings. The summed E-state index contributed by atoms with van der Waals surface area (Å²) in [4.78, 5) is 0. The fourth-order valence-electron chi connectivity index (χ4n) is 2.35. The number of rotatable bonds is 1. The van der Waals surface area contributed by atoms with E-state index in [0.717, 1.165) is 10.0 Å². The van der Waals surface area contributed by atoms with Crippen molar-refractivity contribution in [2.75, 3.05) is 0 Å². The van der Waals surface area contributed by atoms with Crippen molar-refractivity contribution >= 4 is 15.9 Å². The second kappa shape index (κ2) is 4.94. The van der Waals surface area contributed by atoms with E-state index in [1.807, 2.05) is 24.3 Å². The molecular formula is C15H12BrFO2. The van der Waals surface area contributed by atoms with Gasteiger partial charge in [-0.2, -0.15) is 0 Å². The first-order chi connectivity index (χ1) is 9.15. The number of ether oxygens (including phenoxy) is 1. The first-order valence-electron chi connectivity index (χ1n) is 6.04. The van der Waals surface area contributed by atoms with E-state index in [9.17, 15) is 9.50 Å². The van der Waals surface area contributed by atoms with Crippen molar-refractivity contribution in [2.45, 2.75) is 18.6 Å². The van der Waals surface area contributed by atoms with Crippen molar-refractivity contribution in [1.29, 1.82) is 0 Å². The van der Waals surface area contributed by atoms with Crippen LogP contribution in [0.25, 0.3) is 0 Å². The molecule has 2 nitrogen and oxygen atoms in total. The molecule has 0 amide bonds. The van der Waals surface area contributed by atoms with E-state index in [4.69, 9.17) is 4.74 Å². The average Bonchev–Trinajstić information content (AvgIpc) is 2.41. The molecule has 3 rings (SSSR count). The first kappa shape index (κ1) is 12.6. The predicted molar refractivity (Wildman–Crippen MR) is 73.5 cm³/mol. The third-order valence-electron chi connectivity index (χ3n) is 3.29. The van der Waals surface area contributed by atoms with Crippen molar-refractivity contribution in [3.8, 4) is 5.75 Å². The maximum absolute atomic E-state index is 13.4. The summed E-state index contributed by atoms with van der Waals surface area (Å²) in [6, 6.07) is 11.9. The van der Waals surface area contributed by atoms with Crippen LogP contribution in [0.5, 0.6) is 5.75 Å². The van der Waals surface area contributed by atoms with Gasteiger partial charge in [0.2, 0.25) is 0 Å². The van der Waals surface area contributed by atoms with Crippen molar-refractivity contribution in [1.82, 2.24) is 0 Å². The highest BCUT2D eigenvalue weighted by Gasteiger charge is 2.29. The molecule has 2 aromatic carbocycles. The zero-order chi connectivity index (χ0) is 13.4. The summed E-state index contributed by atoms with van der Waals surface area (Å²) in [5, 5.41) is 10.2. The molecule has 1 N–H and O–H groups in total. The summed E-state index contributed by atoms with van der Waals surface area (Å²) < 4.78 is 20.0. The Morgan fingerprint density at radius 1 is 1.16 bits per heavy atom. The molecule has 0 aromatic heterocycles. The summed E-state index contributed by atoms with van der Waals surface area (Å²) in [7, 11) is 0. The molecule has 0 bridgehead atoms. The number of hydrogen-bond donors (Lipinski definition) is 1. The molecule has 0 aliphatic carbocycles. The highest BCUT2D eigenvalue weighted by molar-refractivity contribution is 9.10. The van der Waals surface area contributed by atoms with Crippen molar-refractivity contribution in [3.63, 3.8) is 0 Å². The van der Waals surface area contributed by atoms with Gasteiger partial charge in [0.25, 0.3) is 0 Å². The van der Waals surface area contributed by atoms with Crippen LogP contribution >= 0.6 is 15.9 Å². The van der Waals surface area contributed by atoms with E-state index in [2.05, 4.69) is 15.9 Å². The zero-order valence-corrected chi connectivity index (χ0v) is 11.6. The van der Waals surface area contributed by atoms with Crippen LogP contribution < -0.4 is 4.74 Å². The lowest BCUT2D eigenvalue weighted by atomic mass is 9.95. The maximum Gasteiger partial charge on any atom is 0.128 e. The summed E-state index contributed by atoms with van der Waals surface area (Å²) in [6.45, 7) is 0. The molecule has 0 saturated carbocycles. The fourth-order valence-corrected chi connectivity index (χ4v) is 2.85. The molecule has 1 unspecified atom stereocenters. The number of para-hydroxylation sites is 1. The number of aliphatic hydroxyl groups excluding tert-OH is 1. The molecule has 0 radical (unpaired) electrons. The maximum atomic E-state index is 13.4. The summed E-state index contributed by atoms with van der Waals surface area (Å²) >= 11 is 3.40. The lowest BCUT2D eigenvalue weighted by Gasteiger charge is -2.30. The van der Waals surface area contributed by atoms with Gasteiger partial charge in [0, 0.05) is 22.0 Å². The van der Waals surface area contributed by atoms with Crippen LogP contribution in [0.1, 0.15) is 29.8 Å². The lowest BCUT2D eigenvalue weighted by Crippen LogP contribution is -2.19. The topological polar surface area (TPSA) is 29.5 Å². The van der Waals surface area contributed by atoms with Gasteiger partial charge in [0.1, 0.15) is 17.7 Å². The molecule has 0 spiro atoms. The van der Waals surface area contributed by atoms with Crippen molar-refractivity contribution in [3.05, 3.63) is 63.9 Å². The normalized spacial score (nSPS) is 21.6. The van der Waals surface area contributed by atoms with Gasteiger partial charge in [-0.1, -0.05) is 34.1 Å². The highest BCUT2D eigenvalue weighted by atomic mass is 79.9. The highest BCUT2D eigenvalue weighted by Crippen LogP contribution is 2.42. The standard InChI is InChI=1S/C15H12BrFO2/c16-12-6-5-9(17)7-11(12)15-8-13(18)10-3-1-2-4-14(10)19-15/h1-7,13,15,18H,8H2/t13-,15?/m1/s1. The summed E-state index contributed by atoms with van der Waals surface area (Å²) in [6.07, 6.45) is -0.529. The lowest BCUT2D eigenvalue weighted by molar-refractivity contribution is 0.0652. The van der Waals surface area contributed by atoms with Gasteiger partial charge in [-0.25, -0.2) is 4.39 Å². The van der Waals surface area contributed by atoms with Gasteiger partial charge in [0.05, 0.1) is 6.10 Å². The Morgan fingerprint density at radius 2 is 1.95 bits per heavy atom. The van der Waals surface area contributed by atoms with Gasteiger partial charge in [0.15, 0.2) is 0 Å². The quantitative estimate of drug-likeness (QED) is 0.854. The van der Waals surface area contributed by atoms with Crippen molar-refractivity contribution in [2.24, 2.45) is 0 Å². The average molecular weight is 323 g/mol. The Kier molecular flexibility index (Phi) is 3.29. The van der Waals surface area contributed by atoms with Crippen LogP contribution in [-0.4, -0.2) is 5.11 Å². The molecular weight excluding hydrogens is 311 g/mol. The summed E-state index contributed by atoms with van der Waals surface area (Å²) in [5.41, 5.74) is 1.50. The van der Waals surface area contributed by atoms with E-state index in [1.165, 1.54) is 12.1 Å². The van der Waals surface area contributed by atoms with E-state index < -0.39 is 6.10 Å². The van der Waals surface area contributed by atoms with Crippen LogP contribution in [0, 0.1) is 5.82 Å². The Balaban J connectivity index is 1.99. The molecule has 19 heavy (non-hydrogen) atoms. The Labute approximate surface area is 119 Å². The predicted octanol–water partition coefficient (Wildman–Crippen LogP) is 4.15. The van der Waals surface area contributed by atoms with E-state index in [1.54, 1.807) is 6.07 Å². The first-order valence-corrected chi connectivity index (χ1v) is 6.83. The molecule has 98 valence electrons. The minimum absolute atomic E-state index is 0.310. The minimum atomic E-state index is -0.592. The smallest absolute Gasteiger partial charge is 0.128 e. The van der Waals surface area contributed by atoms with Gasteiger partial charge >= 0.3 is 0 Å². The molecule has 2 aromatic rings. The zero-order valence-electron chi connectivity index (χ0n) is 10.0. The van der Waals surface area contributed by atoms with Gasteiger partial charge in [-0.15, -0.1) is 0 Å². The van der Waals surface area contributed by atoms with Crippen LogP contribution in [0.4, 0.5) is 4.39 Å². The van der Waals surface area contributed by atoms with E-state index in [0.29, 0.717) is 17.7 Å². The number of fused-ring (bicyclic) bond motifs is 1. The van der Waals surface area contributed by atoms with Crippen LogP contribution in [-0.2, 0) is 0 Å². The monoisotopic (exact) mass is 322 g/mol. The second-order valence-corrected chi connectivity index (χ2v) is 5.42. The molecule has 1 heterocycles. The van der Waals surface area contributed by atoms with Gasteiger partial charge < -0.3 is 9.84 Å². The van der Waals surface area contributed by atoms with E-state index >= 15 is 0 Å². The number of aliphatic hydroxyl groups is 1. The third kappa shape index (κ3) is 2.38.